The molecule has 0 bridgehead atoms. The van der Waals surface area contributed by atoms with Gasteiger partial charge >= 0.3 is 0 Å². The van der Waals surface area contributed by atoms with Crippen molar-refractivity contribution in [1.29, 1.82) is 0 Å². The summed E-state index contributed by atoms with van der Waals surface area (Å²) < 4.78 is 0. The molecule has 2 aromatic carbocycles. The van der Waals surface area contributed by atoms with Crippen molar-refractivity contribution in [2.45, 2.75) is 12.8 Å². The van der Waals surface area contributed by atoms with E-state index < -0.39 is 5.91 Å². The van der Waals surface area contributed by atoms with Crippen molar-refractivity contribution in [1.82, 2.24) is 15.3 Å². The molecule has 5 heteroatoms. The van der Waals surface area contributed by atoms with Gasteiger partial charge in [-0.3, -0.25) is 9.78 Å². The Balaban J connectivity index is 0.000000913. The van der Waals surface area contributed by atoms with E-state index in [4.69, 9.17) is 5.73 Å². The molecule has 5 nitrogen and oxygen atoms in total. The number of fused-ring (bicyclic) bond motifs is 1. The lowest BCUT2D eigenvalue weighted by Gasteiger charge is -2.09. The number of hydrogen-bond donors (Lipinski definition) is 2. The predicted molar refractivity (Wildman–Crippen MR) is 132 cm³/mol. The van der Waals surface area contributed by atoms with Gasteiger partial charge in [-0.25, -0.2) is 4.98 Å². The highest BCUT2D eigenvalue weighted by molar-refractivity contribution is 6.06. The molecule has 3 N–H and O–H groups in total. The number of primary amides is 1. The van der Waals surface area contributed by atoms with Crippen molar-refractivity contribution < 1.29 is 4.79 Å². The molecule has 0 aliphatic heterocycles. The van der Waals surface area contributed by atoms with E-state index in [0.717, 1.165) is 29.5 Å². The van der Waals surface area contributed by atoms with E-state index >= 15 is 0 Å². The highest BCUT2D eigenvalue weighted by Gasteiger charge is 2.12. The van der Waals surface area contributed by atoms with Crippen LogP contribution in [0, 0.1) is 0 Å². The number of hydrogen-bond acceptors (Lipinski definition) is 4. The van der Waals surface area contributed by atoms with Crippen LogP contribution in [-0.4, -0.2) is 30.0 Å². The lowest BCUT2D eigenvalue weighted by molar-refractivity contribution is 0.100. The summed E-state index contributed by atoms with van der Waals surface area (Å²) in [7, 11) is 3.75. The molecule has 2 aromatic heterocycles. The first-order chi connectivity index (χ1) is 15.6. The molecule has 1 amide bonds. The summed E-state index contributed by atoms with van der Waals surface area (Å²) in [6.07, 6.45) is 7.21. The minimum absolute atomic E-state index is 0.428. The average molecular weight is 425 g/mol. The minimum Gasteiger partial charge on any atom is -0.366 e. The Hall–Kier alpha value is -3.83. The quantitative estimate of drug-likeness (QED) is 0.426. The molecule has 0 spiro atoms. The number of pyridine rings is 2. The SMILES string of the molecule is C=CCCc1ccc(-c2ccc(-c3cc(C(N)=O)c4cnccc4n3)cc2)cc1.CNC. The number of carbonyl (C=O) groups is 1. The van der Waals surface area contributed by atoms with E-state index in [1.807, 2.05) is 32.3 Å². The molecule has 0 atom stereocenters. The van der Waals surface area contributed by atoms with Crippen LogP contribution < -0.4 is 11.1 Å². The first-order valence-corrected chi connectivity index (χ1v) is 10.5. The summed E-state index contributed by atoms with van der Waals surface area (Å²) in [6, 6.07) is 20.3. The third-order valence-electron chi connectivity index (χ3n) is 4.98. The number of aryl methyl sites for hydroxylation is 1. The second-order valence-corrected chi connectivity index (χ2v) is 7.41. The van der Waals surface area contributed by atoms with Crippen LogP contribution in [0.1, 0.15) is 22.3 Å². The van der Waals surface area contributed by atoms with Crippen LogP contribution in [0.25, 0.3) is 33.3 Å². The molecule has 0 saturated heterocycles. The van der Waals surface area contributed by atoms with Gasteiger partial charge < -0.3 is 11.1 Å². The van der Waals surface area contributed by atoms with Crippen LogP contribution in [0.15, 0.2) is 85.7 Å². The molecule has 2 heterocycles. The Morgan fingerprint density at radius 2 is 1.59 bits per heavy atom. The summed E-state index contributed by atoms with van der Waals surface area (Å²) in [5.74, 6) is -0.486. The predicted octanol–water partition coefficient (Wildman–Crippen LogP) is 5.02. The van der Waals surface area contributed by atoms with Crippen LogP contribution >= 0.6 is 0 Å². The number of carbonyl (C=O) groups excluding carboxylic acids is 1. The maximum atomic E-state index is 11.9. The molecular weight excluding hydrogens is 396 g/mol. The Morgan fingerprint density at radius 1 is 1.00 bits per heavy atom. The van der Waals surface area contributed by atoms with Crippen molar-refractivity contribution in [3.63, 3.8) is 0 Å². The Labute approximate surface area is 189 Å². The fourth-order valence-corrected chi connectivity index (χ4v) is 3.39. The number of rotatable bonds is 6. The average Bonchev–Trinajstić information content (AvgIpc) is 2.83. The van der Waals surface area contributed by atoms with Crippen molar-refractivity contribution in [3.8, 4) is 22.4 Å². The van der Waals surface area contributed by atoms with Gasteiger partial charge in [0.2, 0.25) is 5.91 Å². The van der Waals surface area contributed by atoms with Gasteiger partial charge in [0.05, 0.1) is 16.8 Å². The van der Waals surface area contributed by atoms with Crippen molar-refractivity contribution in [2.24, 2.45) is 5.73 Å². The number of allylic oxidation sites excluding steroid dienone is 1. The van der Waals surface area contributed by atoms with Gasteiger partial charge in [0.25, 0.3) is 0 Å². The smallest absolute Gasteiger partial charge is 0.249 e. The third kappa shape index (κ3) is 5.45. The largest absolute Gasteiger partial charge is 0.366 e. The zero-order chi connectivity index (χ0) is 22.9. The van der Waals surface area contributed by atoms with E-state index in [1.165, 1.54) is 5.56 Å². The summed E-state index contributed by atoms with van der Waals surface area (Å²) in [4.78, 5) is 20.6. The first kappa shape index (κ1) is 22.8. The van der Waals surface area contributed by atoms with Gasteiger partial charge in [-0.15, -0.1) is 6.58 Å². The molecule has 0 saturated carbocycles. The Morgan fingerprint density at radius 3 is 2.19 bits per heavy atom. The molecule has 4 aromatic rings. The van der Waals surface area contributed by atoms with Gasteiger partial charge in [-0.05, 0) is 55.8 Å². The minimum atomic E-state index is -0.486. The maximum Gasteiger partial charge on any atom is 0.249 e. The van der Waals surface area contributed by atoms with Gasteiger partial charge in [0, 0.05) is 23.3 Å². The second kappa shape index (κ2) is 11.0. The van der Waals surface area contributed by atoms with Crippen LogP contribution in [-0.2, 0) is 6.42 Å². The van der Waals surface area contributed by atoms with Gasteiger partial charge in [-0.2, -0.15) is 0 Å². The molecule has 0 radical (unpaired) electrons. The molecular formula is C27H28N4O. The number of aromatic nitrogens is 2. The molecule has 162 valence electrons. The van der Waals surface area contributed by atoms with E-state index in [0.29, 0.717) is 22.2 Å². The molecule has 0 aliphatic rings. The number of benzene rings is 2. The van der Waals surface area contributed by atoms with Gasteiger partial charge in [-0.1, -0.05) is 54.6 Å². The fourth-order valence-electron chi connectivity index (χ4n) is 3.39. The normalized spacial score (nSPS) is 10.3. The van der Waals surface area contributed by atoms with Gasteiger partial charge in [0.1, 0.15) is 0 Å². The van der Waals surface area contributed by atoms with E-state index in [9.17, 15) is 4.79 Å². The number of amides is 1. The third-order valence-corrected chi connectivity index (χ3v) is 4.98. The van der Waals surface area contributed by atoms with Crippen molar-refractivity contribution >= 4 is 16.8 Å². The van der Waals surface area contributed by atoms with Crippen LogP contribution in [0.5, 0.6) is 0 Å². The standard InChI is InChI=1S/C25H21N3O.C2H7N/c1-2-3-4-17-5-7-18(8-6-17)19-9-11-20(12-10-19)24-15-21(25(26)29)22-16-27-14-13-23(22)28-24;1-3-2/h2,5-16H,1,3-4H2,(H2,26,29);3H,1-2H3. The summed E-state index contributed by atoms with van der Waals surface area (Å²) in [6.45, 7) is 3.77. The first-order valence-electron chi connectivity index (χ1n) is 10.5. The highest BCUT2D eigenvalue weighted by Crippen LogP contribution is 2.27. The highest BCUT2D eigenvalue weighted by atomic mass is 16.1. The zero-order valence-electron chi connectivity index (χ0n) is 18.5. The van der Waals surface area contributed by atoms with Gasteiger partial charge in [0.15, 0.2) is 0 Å². The number of nitrogens with zero attached hydrogens (tertiary/aromatic N) is 2. The summed E-state index contributed by atoms with van der Waals surface area (Å²) in [5, 5.41) is 3.41. The molecule has 4 rings (SSSR count). The molecule has 0 fully saturated rings. The Bertz CT molecular complexity index is 1200. The van der Waals surface area contributed by atoms with E-state index in [2.05, 4.69) is 58.3 Å². The van der Waals surface area contributed by atoms with Crippen molar-refractivity contribution in [2.75, 3.05) is 14.1 Å². The van der Waals surface area contributed by atoms with Crippen molar-refractivity contribution in [3.05, 3.63) is 96.8 Å². The monoisotopic (exact) mass is 424 g/mol. The molecule has 0 unspecified atom stereocenters. The summed E-state index contributed by atoms with van der Waals surface area (Å²) in [5.41, 5.74) is 11.9. The lowest BCUT2D eigenvalue weighted by atomic mass is 9.99. The molecule has 0 aliphatic carbocycles. The lowest BCUT2D eigenvalue weighted by Crippen LogP contribution is -2.12. The maximum absolute atomic E-state index is 11.9. The number of nitrogens with two attached hydrogens (primary N) is 1. The summed E-state index contributed by atoms with van der Waals surface area (Å²) >= 11 is 0. The Kier molecular flexibility index (Phi) is 7.84. The molecule has 32 heavy (non-hydrogen) atoms. The second-order valence-electron chi connectivity index (χ2n) is 7.41. The van der Waals surface area contributed by atoms with Crippen LogP contribution in [0.2, 0.25) is 0 Å². The fraction of sp³-hybridized carbons (Fsp3) is 0.148. The topological polar surface area (TPSA) is 80.9 Å². The number of nitrogens with one attached hydrogen (secondary N) is 1. The van der Waals surface area contributed by atoms with E-state index in [-0.39, 0.29) is 0 Å². The van der Waals surface area contributed by atoms with Crippen LogP contribution in [0.3, 0.4) is 0 Å². The zero-order valence-corrected chi connectivity index (χ0v) is 18.5. The van der Waals surface area contributed by atoms with Crippen LogP contribution in [0.4, 0.5) is 0 Å². The van der Waals surface area contributed by atoms with E-state index in [1.54, 1.807) is 24.5 Å².